The normalized spacial score (nSPS) is 11.9. The van der Waals surface area contributed by atoms with Gasteiger partial charge < -0.3 is 9.47 Å². The van der Waals surface area contributed by atoms with Gasteiger partial charge in [-0.05, 0) is 36.8 Å². The average molecular weight is 397 g/mol. The number of alkyl halides is 3. The maximum atomic E-state index is 12.8. The van der Waals surface area contributed by atoms with Crippen molar-refractivity contribution in [1.82, 2.24) is 0 Å². The molecule has 2 rings (SSSR count). The van der Waals surface area contributed by atoms with Gasteiger partial charge in [-0.25, -0.2) is 0 Å². The van der Waals surface area contributed by atoms with Crippen LogP contribution in [0.3, 0.4) is 0 Å². The Bertz CT molecular complexity index is 898. The quantitative estimate of drug-likeness (QED) is 0.410. The first kappa shape index (κ1) is 21.0. The molecule has 0 atom stereocenters. The molecule has 0 saturated heterocycles. The third-order valence-corrected chi connectivity index (χ3v) is 3.88. The van der Waals surface area contributed by atoms with E-state index >= 15 is 0 Å². The van der Waals surface area contributed by atoms with E-state index in [1.165, 1.54) is 14.2 Å². The molecule has 0 amide bonds. The highest BCUT2D eigenvalue weighted by Gasteiger charge is 2.33. The standard InChI is InChI=1S/C18H18F3N3O4/c1-4-13(11-5-8-16(27-2)17(9-11)28-3)22-23-14-7-6-12(18(19,20)21)10-15(14)24(25)26/h5-10,23H,4H2,1-3H3/b22-13+. The van der Waals surface area contributed by atoms with Crippen molar-refractivity contribution in [3.8, 4) is 11.5 Å². The number of nitrogens with zero attached hydrogens (tertiary/aromatic N) is 2. The fourth-order valence-electron chi connectivity index (χ4n) is 2.44. The predicted octanol–water partition coefficient (Wildman–Crippen LogP) is 4.86. The highest BCUT2D eigenvalue weighted by atomic mass is 19.4. The summed E-state index contributed by atoms with van der Waals surface area (Å²) in [4.78, 5) is 10.3. The summed E-state index contributed by atoms with van der Waals surface area (Å²) in [6.07, 6.45) is -4.22. The van der Waals surface area contributed by atoms with Crippen molar-refractivity contribution in [2.24, 2.45) is 5.10 Å². The number of methoxy groups -OCH3 is 2. The van der Waals surface area contributed by atoms with Crippen LogP contribution in [-0.4, -0.2) is 24.9 Å². The number of rotatable bonds is 7. The van der Waals surface area contributed by atoms with E-state index in [-0.39, 0.29) is 5.69 Å². The first-order valence-electron chi connectivity index (χ1n) is 8.11. The lowest BCUT2D eigenvalue weighted by molar-refractivity contribution is -0.384. The van der Waals surface area contributed by atoms with Gasteiger partial charge in [0.1, 0.15) is 5.69 Å². The minimum Gasteiger partial charge on any atom is -0.493 e. The molecule has 150 valence electrons. The minimum absolute atomic E-state index is 0.149. The molecule has 0 aliphatic carbocycles. The molecule has 0 unspecified atom stereocenters. The Morgan fingerprint density at radius 2 is 1.82 bits per heavy atom. The van der Waals surface area contributed by atoms with E-state index in [0.29, 0.717) is 35.3 Å². The lowest BCUT2D eigenvalue weighted by Crippen LogP contribution is -2.08. The number of hydrazone groups is 1. The molecule has 0 saturated carbocycles. The molecule has 0 heterocycles. The summed E-state index contributed by atoms with van der Waals surface area (Å²) in [7, 11) is 2.98. The van der Waals surface area contributed by atoms with E-state index in [1.54, 1.807) is 18.2 Å². The summed E-state index contributed by atoms with van der Waals surface area (Å²) in [6.45, 7) is 1.82. The smallest absolute Gasteiger partial charge is 0.416 e. The van der Waals surface area contributed by atoms with E-state index in [1.807, 2.05) is 6.92 Å². The van der Waals surface area contributed by atoms with Gasteiger partial charge in [0.05, 0.1) is 30.4 Å². The lowest BCUT2D eigenvalue weighted by Gasteiger charge is -2.11. The van der Waals surface area contributed by atoms with Crippen LogP contribution in [0.4, 0.5) is 24.5 Å². The van der Waals surface area contributed by atoms with E-state index < -0.39 is 22.4 Å². The van der Waals surface area contributed by atoms with Gasteiger partial charge in [0.15, 0.2) is 11.5 Å². The van der Waals surface area contributed by atoms with Gasteiger partial charge in [-0.3, -0.25) is 15.5 Å². The number of nitro groups is 1. The van der Waals surface area contributed by atoms with Gasteiger partial charge in [-0.2, -0.15) is 18.3 Å². The monoisotopic (exact) mass is 397 g/mol. The van der Waals surface area contributed by atoms with Crippen LogP contribution < -0.4 is 14.9 Å². The second kappa shape index (κ2) is 8.59. The third kappa shape index (κ3) is 4.70. The molecule has 1 N–H and O–H groups in total. The maximum Gasteiger partial charge on any atom is 0.416 e. The van der Waals surface area contributed by atoms with Crippen molar-refractivity contribution in [3.63, 3.8) is 0 Å². The molecular weight excluding hydrogens is 379 g/mol. The first-order chi connectivity index (χ1) is 13.2. The second-order valence-corrected chi connectivity index (χ2v) is 5.58. The SMILES string of the molecule is CC/C(=N\Nc1ccc(C(F)(F)F)cc1[N+](=O)[O-])c1ccc(OC)c(OC)c1. The largest absolute Gasteiger partial charge is 0.493 e. The van der Waals surface area contributed by atoms with Crippen LogP contribution >= 0.6 is 0 Å². The van der Waals surface area contributed by atoms with E-state index in [9.17, 15) is 23.3 Å². The Labute approximate surface area is 158 Å². The van der Waals surface area contributed by atoms with Crippen molar-refractivity contribution in [3.05, 3.63) is 57.6 Å². The molecule has 0 fully saturated rings. The van der Waals surface area contributed by atoms with Crippen molar-refractivity contribution in [1.29, 1.82) is 0 Å². The highest BCUT2D eigenvalue weighted by molar-refractivity contribution is 6.01. The van der Waals surface area contributed by atoms with Crippen LogP contribution in [0, 0.1) is 10.1 Å². The third-order valence-electron chi connectivity index (χ3n) is 3.88. The molecule has 2 aromatic rings. The summed E-state index contributed by atoms with van der Waals surface area (Å²) < 4.78 is 48.8. The number of nitrogens with one attached hydrogen (secondary N) is 1. The zero-order valence-corrected chi connectivity index (χ0v) is 15.3. The molecule has 0 radical (unpaired) electrons. The van der Waals surface area contributed by atoms with E-state index in [2.05, 4.69) is 10.5 Å². The molecule has 0 aromatic heterocycles. The molecule has 2 aromatic carbocycles. The second-order valence-electron chi connectivity index (χ2n) is 5.58. The van der Waals surface area contributed by atoms with Crippen LogP contribution in [0.25, 0.3) is 0 Å². The Morgan fingerprint density at radius 1 is 1.14 bits per heavy atom. The van der Waals surface area contributed by atoms with Crippen molar-refractivity contribution in [2.75, 3.05) is 19.6 Å². The molecule has 0 bridgehead atoms. The molecule has 0 aliphatic rings. The molecule has 0 spiro atoms. The molecular formula is C18H18F3N3O4. The van der Waals surface area contributed by atoms with Crippen LogP contribution in [0.15, 0.2) is 41.5 Å². The molecule has 0 aliphatic heterocycles. The average Bonchev–Trinajstić information content (AvgIpc) is 2.67. The van der Waals surface area contributed by atoms with Crippen molar-refractivity contribution in [2.45, 2.75) is 19.5 Å². The van der Waals surface area contributed by atoms with Crippen LogP contribution in [0.1, 0.15) is 24.5 Å². The number of hydrogen-bond donors (Lipinski definition) is 1. The number of nitro benzene ring substituents is 1. The Morgan fingerprint density at radius 3 is 2.36 bits per heavy atom. The van der Waals surface area contributed by atoms with Gasteiger partial charge in [0.25, 0.3) is 5.69 Å². The fourth-order valence-corrected chi connectivity index (χ4v) is 2.44. The molecule has 7 nitrogen and oxygen atoms in total. The summed E-state index contributed by atoms with van der Waals surface area (Å²) in [6, 6.07) is 7.30. The fraction of sp³-hybridized carbons (Fsp3) is 0.278. The summed E-state index contributed by atoms with van der Waals surface area (Å²) in [5, 5.41) is 15.3. The van der Waals surface area contributed by atoms with Crippen molar-refractivity contribution >= 4 is 17.1 Å². The summed E-state index contributed by atoms with van der Waals surface area (Å²) >= 11 is 0. The predicted molar refractivity (Wildman–Crippen MR) is 98.1 cm³/mol. The topological polar surface area (TPSA) is 86.0 Å². The van der Waals surface area contributed by atoms with Gasteiger partial charge in [0.2, 0.25) is 0 Å². The number of halogens is 3. The maximum absolute atomic E-state index is 12.8. The van der Waals surface area contributed by atoms with Crippen LogP contribution in [0.5, 0.6) is 11.5 Å². The van der Waals surface area contributed by atoms with Crippen molar-refractivity contribution < 1.29 is 27.6 Å². The number of anilines is 1. The Kier molecular flexibility index (Phi) is 6.45. The zero-order chi connectivity index (χ0) is 20.9. The van der Waals surface area contributed by atoms with E-state index in [4.69, 9.17) is 9.47 Å². The number of hydrogen-bond acceptors (Lipinski definition) is 6. The van der Waals surface area contributed by atoms with Crippen LogP contribution in [-0.2, 0) is 6.18 Å². The Hall–Kier alpha value is -3.30. The zero-order valence-electron chi connectivity index (χ0n) is 15.3. The van der Waals surface area contributed by atoms with E-state index in [0.717, 1.165) is 12.1 Å². The van der Waals surface area contributed by atoms with Gasteiger partial charge in [-0.1, -0.05) is 6.92 Å². The highest BCUT2D eigenvalue weighted by Crippen LogP contribution is 2.35. The van der Waals surface area contributed by atoms with Gasteiger partial charge in [-0.15, -0.1) is 0 Å². The van der Waals surface area contributed by atoms with Gasteiger partial charge in [0, 0.05) is 11.6 Å². The molecule has 28 heavy (non-hydrogen) atoms. The minimum atomic E-state index is -4.68. The number of ether oxygens (including phenoxy) is 2. The van der Waals surface area contributed by atoms with Crippen LogP contribution in [0.2, 0.25) is 0 Å². The number of benzene rings is 2. The van der Waals surface area contributed by atoms with Gasteiger partial charge >= 0.3 is 6.18 Å². The Balaban J connectivity index is 2.38. The molecule has 10 heteroatoms. The lowest BCUT2D eigenvalue weighted by atomic mass is 10.1. The first-order valence-corrected chi connectivity index (χ1v) is 8.11. The summed E-state index contributed by atoms with van der Waals surface area (Å²) in [5.41, 5.74) is 1.71. The summed E-state index contributed by atoms with van der Waals surface area (Å²) in [5.74, 6) is 0.995.